The van der Waals surface area contributed by atoms with Crippen molar-refractivity contribution in [2.45, 2.75) is 19.9 Å². The molecule has 7 heteroatoms. The van der Waals surface area contributed by atoms with Crippen molar-refractivity contribution in [3.8, 4) is 0 Å². The van der Waals surface area contributed by atoms with Crippen molar-refractivity contribution in [3.63, 3.8) is 0 Å². The Morgan fingerprint density at radius 1 is 1.42 bits per heavy atom. The van der Waals surface area contributed by atoms with Crippen LogP contribution in [0, 0.1) is 5.92 Å². The number of hydrogen-bond donors (Lipinski definition) is 2. The zero-order valence-electron chi connectivity index (χ0n) is 10.7. The van der Waals surface area contributed by atoms with Gasteiger partial charge in [0.15, 0.2) is 12.4 Å². The van der Waals surface area contributed by atoms with E-state index < -0.39 is 30.4 Å². The van der Waals surface area contributed by atoms with Gasteiger partial charge in [-0.3, -0.25) is 9.59 Å². The monoisotopic (exact) mass is 268 g/mol. The van der Waals surface area contributed by atoms with E-state index in [1.807, 2.05) is 0 Å². The summed E-state index contributed by atoms with van der Waals surface area (Å²) in [6.45, 7) is 2.95. The summed E-state index contributed by atoms with van der Waals surface area (Å²) < 4.78 is 9.60. The van der Waals surface area contributed by atoms with Crippen molar-refractivity contribution in [3.05, 3.63) is 24.2 Å². The Balaban J connectivity index is 2.65. The zero-order valence-corrected chi connectivity index (χ0v) is 10.7. The van der Waals surface area contributed by atoms with Gasteiger partial charge >= 0.3 is 5.97 Å². The van der Waals surface area contributed by atoms with Gasteiger partial charge in [-0.1, -0.05) is 13.8 Å². The lowest BCUT2D eigenvalue weighted by molar-refractivity contribution is -0.150. The molecule has 0 radical (unpaired) electrons. The molecule has 0 bridgehead atoms. The van der Waals surface area contributed by atoms with Crippen LogP contribution >= 0.6 is 0 Å². The van der Waals surface area contributed by atoms with Crippen LogP contribution in [0.1, 0.15) is 24.4 Å². The fraction of sp³-hybridized carbons (Fsp3) is 0.417. The topological polar surface area (TPSA) is 112 Å². The minimum absolute atomic E-state index is 0.0911. The van der Waals surface area contributed by atoms with Crippen molar-refractivity contribution in [2.24, 2.45) is 11.7 Å². The highest BCUT2D eigenvalue weighted by Gasteiger charge is 2.27. The van der Waals surface area contributed by atoms with Gasteiger partial charge in [0.05, 0.1) is 6.26 Å². The molecule has 1 aromatic rings. The second kappa shape index (κ2) is 6.58. The van der Waals surface area contributed by atoms with Crippen LogP contribution in [0.3, 0.4) is 0 Å². The van der Waals surface area contributed by atoms with Gasteiger partial charge in [-0.15, -0.1) is 0 Å². The standard InChI is InChI=1S/C12H16N2O5/c1-7(2)10(12(17)19-6-9(13)15)14-11(16)8-4-3-5-18-8/h3-5,7,10H,6H2,1-2H3,(H2,13,15)(H,14,16)/t10-/m1/s1. The number of furan rings is 1. The molecule has 1 aromatic heterocycles. The van der Waals surface area contributed by atoms with Gasteiger partial charge in [0.25, 0.3) is 11.8 Å². The molecule has 0 aliphatic carbocycles. The summed E-state index contributed by atoms with van der Waals surface area (Å²) in [7, 11) is 0. The molecule has 104 valence electrons. The molecular formula is C12H16N2O5. The molecule has 0 aliphatic heterocycles. The van der Waals surface area contributed by atoms with Crippen molar-refractivity contribution in [1.29, 1.82) is 0 Å². The van der Waals surface area contributed by atoms with Crippen LogP contribution in [0.2, 0.25) is 0 Å². The van der Waals surface area contributed by atoms with Gasteiger partial charge < -0.3 is 20.2 Å². The van der Waals surface area contributed by atoms with Gasteiger partial charge in [0.1, 0.15) is 6.04 Å². The summed E-state index contributed by atoms with van der Waals surface area (Å²) in [5, 5.41) is 2.48. The smallest absolute Gasteiger partial charge is 0.329 e. The Hall–Kier alpha value is -2.31. The number of nitrogens with two attached hydrogens (primary N) is 1. The first-order chi connectivity index (χ1) is 8.91. The van der Waals surface area contributed by atoms with Crippen LogP contribution in [0.4, 0.5) is 0 Å². The molecule has 0 fully saturated rings. The lowest BCUT2D eigenvalue weighted by Gasteiger charge is -2.19. The van der Waals surface area contributed by atoms with Crippen molar-refractivity contribution < 1.29 is 23.5 Å². The van der Waals surface area contributed by atoms with Crippen LogP contribution in [0.5, 0.6) is 0 Å². The normalized spacial score (nSPS) is 11.9. The van der Waals surface area contributed by atoms with E-state index in [0.717, 1.165) is 0 Å². The number of rotatable bonds is 6. The van der Waals surface area contributed by atoms with Gasteiger partial charge in [0, 0.05) is 0 Å². The molecular weight excluding hydrogens is 252 g/mol. The maximum atomic E-state index is 11.8. The number of ether oxygens (including phenoxy) is 1. The molecule has 0 aromatic carbocycles. The molecule has 1 heterocycles. The van der Waals surface area contributed by atoms with Crippen LogP contribution in [0.15, 0.2) is 22.8 Å². The van der Waals surface area contributed by atoms with Gasteiger partial charge in [-0.05, 0) is 18.1 Å². The van der Waals surface area contributed by atoms with E-state index in [4.69, 9.17) is 10.2 Å². The molecule has 0 saturated heterocycles. The Kier molecular flexibility index (Phi) is 5.11. The van der Waals surface area contributed by atoms with Crippen LogP contribution in [-0.2, 0) is 14.3 Å². The third kappa shape index (κ3) is 4.46. The van der Waals surface area contributed by atoms with E-state index in [9.17, 15) is 14.4 Å². The van der Waals surface area contributed by atoms with E-state index in [-0.39, 0.29) is 11.7 Å². The largest absolute Gasteiger partial charge is 0.459 e. The predicted octanol–water partition coefficient (Wildman–Crippen LogP) is 0.0625. The Morgan fingerprint density at radius 3 is 2.58 bits per heavy atom. The maximum Gasteiger partial charge on any atom is 0.329 e. The highest BCUT2D eigenvalue weighted by molar-refractivity contribution is 5.94. The number of amides is 2. The number of esters is 1. The first-order valence-corrected chi connectivity index (χ1v) is 5.71. The Morgan fingerprint density at radius 2 is 2.11 bits per heavy atom. The first-order valence-electron chi connectivity index (χ1n) is 5.71. The lowest BCUT2D eigenvalue weighted by atomic mass is 10.0. The first kappa shape index (κ1) is 14.7. The SMILES string of the molecule is CC(C)[C@@H](NC(=O)c1ccco1)C(=O)OCC(N)=O. The van der Waals surface area contributed by atoms with E-state index in [1.165, 1.54) is 12.3 Å². The van der Waals surface area contributed by atoms with E-state index in [1.54, 1.807) is 19.9 Å². The van der Waals surface area contributed by atoms with E-state index >= 15 is 0 Å². The van der Waals surface area contributed by atoms with Crippen molar-refractivity contribution >= 4 is 17.8 Å². The number of carbonyl (C=O) groups is 3. The summed E-state index contributed by atoms with van der Waals surface area (Å²) >= 11 is 0. The number of nitrogens with one attached hydrogen (secondary N) is 1. The van der Waals surface area contributed by atoms with E-state index in [2.05, 4.69) is 10.1 Å². The molecule has 19 heavy (non-hydrogen) atoms. The lowest BCUT2D eigenvalue weighted by Crippen LogP contribution is -2.45. The molecule has 2 amide bonds. The van der Waals surface area contributed by atoms with Crippen LogP contribution in [0.25, 0.3) is 0 Å². The summed E-state index contributed by atoms with van der Waals surface area (Å²) in [6, 6.07) is 2.16. The quantitative estimate of drug-likeness (QED) is 0.709. The second-order valence-electron chi connectivity index (χ2n) is 4.25. The highest BCUT2D eigenvalue weighted by atomic mass is 16.5. The molecule has 1 rings (SSSR count). The Bertz CT molecular complexity index is 453. The third-order valence-corrected chi connectivity index (χ3v) is 2.31. The molecule has 0 spiro atoms. The van der Waals surface area contributed by atoms with Gasteiger partial charge in [-0.2, -0.15) is 0 Å². The average Bonchev–Trinajstić information content (AvgIpc) is 2.86. The summed E-state index contributed by atoms with van der Waals surface area (Å²) in [4.78, 5) is 34.0. The highest BCUT2D eigenvalue weighted by Crippen LogP contribution is 2.07. The van der Waals surface area contributed by atoms with Gasteiger partial charge in [0.2, 0.25) is 0 Å². The van der Waals surface area contributed by atoms with Gasteiger partial charge in [-0.25, -0.2) is 4.79 Å². The van der Waals surface area contributed by atoms with E-state index in [0.29, 0.717) is 0 Å². The van der Waals surface area contributed by atoms with Crippen molar-refractivity contribution in [2.75, 3.05) is 6.61 Å². The average molecular weight is 268 g/mol. The predicted molar refractivity (Wildman–Crippen MR) is 65.0 cm³/mol. The maximum absolute atomic E-state index is 11.8. The van der Waals surface area contributed by atoms with Crippen molar-refractivity contribution in [1.82, 2.24) is 5.32 Å². The summed E-state index contributed by atoms with van der Waals surface area (Å²) in [5.74, 6) is -2.12. The number of primary amides is 1. The zero-order chi connectivity index (χ0) is 14.4. The molecule has 7 nitrogen and oxygen atoms in total. The summed E-state index contributed by atoms with van der Waals surface area (Å²) in [5.41, 5.74) is 4.88. The minimum Gasteiger partial charge on any atom is -0.459 e. The van der Waals surface area contributed by atoms with Crippen LogP contribution < -0.4 is 11.1 Å². The Labute approximate surface area is 110 Å². The fourth-order valence-corrected chi connectivity index (χ4v) is 1.35. The number of hydrogen-bond acceptors (Lipinski definition) is 5. The minimum atomic E-state index is -0.878. The number of carbonyl (C=O) groups excluding carboxylic acids is 3. The molecule has 3 N–H and O–H groups in total. The third-order valence-electron chi connectivity index (χ3n) is 2.31. The molecule has 0 unspecified atom stereocenters. The molecule has 0 aliphatic rings. The molecule has 0 saturated carbocycles. The summed E-state index contributed by atoms with van der Waals surface area (Å²) in [6.07, 6.45) is 1.35. The second-order valence-corrected chi connectivity index (χ2v) is 4.25. The molecule has 1 atom stereocenters. The fourth-order valence-electron chi connectivity index (χ4n) is 1.35. The van der Waals surface area contributed by atoms with Crippen LogP contribution in [-0.4, -0.2) is 30.4 Å².